The van der Waals surface area contributed by atoms with E-state index in [2.05, 4.69) is 15.5 Å². The van der Waals surface area contributed by atoms with Crippen molar-refractivity contribution in [3.63, 3.8) is 0 Å². The van der Waals surface area contributed by atoms with Crippen LogP contribution in [0.4, 0.5) is 5.69 Å². The second-order valence-corrected chi connectivity index (χ2v) is 6.08. The number of aromatic nitrogens is 1. The molecule has 0 aliphatic rings. The molecule has 0 unspecified atom stereocenters. The Kier molecular flexibility index (Phi) is 3.66. The van der Waals surface area contributed by atoms with Crippen LogP contribution in [0.5, 0.6) is 0 Å². The van der Waals surface area contributed by atoms with Crippen molar-refractivity contribution in [3.05, 3.63) is 60.3 Å². The van der Waals surface area contributed by atoms with Gasteiger partial charge in [-0.05, 0) is 30.3 Å². The van der Waals surface area contributed by atoms with Crippen molar-refractivity contribution >= 4 is 32.9 Å². The number of para-hydroxylation sites is 1. The lowest BCUT2D eigenvalue weighted by molar-refractivity contribution is 0.483. The summed E-state index contributed by atoms with van der Waals surface area (Å²) in [6.07, 6.45) is 3.53. The minimum atomic E-state index is -4.17. The lowest BCUT2D eigenvalue weighted by atomic mass is 10.2. The molecule has 0 fully saturated rings. The molecule has 0 aliphatic carbocycles. The standard InChI is InChI=1S/C15H13N3O3S/c19-22(20,21)13-7-5-12(6-8-13)18-17-10-11-9-16-15-4-2-1-3-14(11)15/h1-10,16,18H,(H,19,20,21)/b17-10+. The SMILES string of the molecule is O=S(=O)(O)c1ccc(N/N=C/c2c[nH]c3ccccc23)cc1. The summed E-state index contributed by atoms with van der Waals surface area (Å²) in [5, 5.41) is 5.18. The molecule has 0 bridgehead atoms. The highest BCUT2D eigenvalue weighted by Gasteiger charge is 2.07. The van der Waals surface area contributed by atoms with E-state index < -0.39 is 10.1 Å². The first-order valence-corrected chi connectivity index (χ1v) is 7.91. The smallest absolute Gasteiger partial charge is 0.294 e. The number of fused-ring (bicyclic) bond motifs is 1. The lowest BCUT2D eigenvalue weighted by Crippen LogP contribution is -1.98. The van der Waals surface area contributed by atoms with Crippen molar-refractivity contribution in [1.29, 1.82) is 0 Å². The van der Waals surface area contributed by atoms with Gasteiger partial charge in [0.25, 0.3) is 10.1 Å². The van der Waals surface area contributed by atoms with Crippen LogP contribution in [0.3, 0.4) is 0 Å². The monoisotopic (exact) mass is 315 g/mol. The molecule has 3 N–H and O–H groups in total. The van der Waals surface area contributed by atoms with Crippen molar-refractivity contribution in [2.75, 3.05) is 5.43 Å². The largest absolute Gasteiger partial charge is 0.361 e. The van der Waals surface area contributed by atoms with Crippen molar-refractivity contribution in [2.45, 2.75) is 4.90 Å². The molecule has 1 aromatic heterocycles. The fourth-order valence-electron chi connectivity index (χ4n) is 2.08. The molecule has 1 heterocycles. The van der Waals surface area contributed by atoms with Crippen LogP contribution in [0, 0.1) is 0 Å². The van der Waals surface area contributed by atoms with Gasteiger partial charge in [-0.2, -0.15) is 13.5 Å². The quantitative estimate of drug-likeness (QED) is 0.392. The molecule has 0 spiro atoms. The first kappa shape index (κ1) is 14.3. The number of aromatic amines is 1. The fourth-order valence-corrected chi connectivity index (χ4v) is 2.56. The summed E-state index contributed by atoms with van der Waals surface area (Å²) < 4.78 is 30.8. The second kappa shape index (κ2) is 5.63. The van der Waals surface area contributed by atoms with Crippen molar-refractivity contribution in [2.24, 2.45) is 5.10 Å². The van der Waals surface area contributed by atoms with Crippen molar-refractivity contribution in [1.82, 2.24) is 4.98 Å². The molecule has 112 valence electrons. The first-order valence-electron chi connectivity index (χ1n) is 6.47. The number of hydrogen-bond acceptors (Lipinski definition) is 4. The summed E-state index contributed by atoms with van der Waals surface area (Å²) in [6, 6.07) is 13.5. The molecule has 0 saturated heterocycles. The average Bonchev–Trinajstić information content (AvgIpc) is 2.90. The molecule has 0 atom stereocenters. The van der Waals surface area contributed by atoms with Crippen molar-refractivity contribution in [3.8, 4) is 0 Å². The Labute approximate surface area is 127 Å². The zero-order valence-corrected chi connectivity index (χ0v) is 12.2. The number of benzene rings is 2. The van der Waals surface area contributed by atoms with Crippen LogP contribution in [0.25, 0.3) is 10.9 Å². The van der Waals surface area contributed by atoms with Crippen molar-refractivity contribution < 1.29 is 13.0 Å². The third-order valence-electron chi connectivity index (χ3n) is 3.17. The summed E-state index contributed by atoms with van der Waals surface area (Å²) in [5.74, 6) is 0. The highest BCUT2D eigenvalue weighted by Crippen LogP contribution is 2.16. The van der Waals surface area contributed by atoms with Crippen LogP contribution in [0.15, 0.2) is 64.7 Å². The normalized spacial score (nSPS) is 12.0. The van der Waals surface area contributed by atoms with E-state index in [4.69, 9.17) is 4.55 Å². The Hall–Kier alpha value is -2.64. The van der Waals surface area contributed by atoms with Gasteiger partial charge in [-0.25, -0.2) is 0 Å². The molecule has 0 amide bonds. The van der Waals surface area contributed by atoms with Crippen LogP contribution >= 0.6 is 0 Å². The van der Waals surface area contributed by atoms with E-state index >= 15 is 0 Å². The molecule has 0 saturated carbocycles. The number of anilines is 1. The first-order chi connectivity index (χ1) is 10.5. The zero-order chi connectivity index (χ0) is 15.6. The van der Waals surface area contributed by atoms with Gasteiger partial charge < -0.3 is 4.98 Å². The summed E-state index contributed by atoms with van der Waals surface area (Å²) in [4.78, 5) is 2.99. The van der Waals surface area contributed by atoms with Crippen LogP contribution < -0.4 is 5.43 Å². The highest BCUT2D eigenvalue weighted by molar-refractivity contribution is 7.85. The van der Waals surface area contributed by atoms with Gasteiger partial charge in [0.15, 0.2) is 0 Å². The average molecular weight is 315 g/mol. The molecule has 0 aliphatic heterocycles. The molecule has 3 aromatic rings. The maximum Gasteiger partial charge on any atom is 0.294 e. The Bertz CT molecular complexity index is 928. The number of nitrogens with one attached hydrogen (secondary N) is 2. The summed E-state index contributed by atoms with van der Waals surface area (Å²) in [5.41, 5.74) is 5.39. The summed E-state index contributed by atoms with van der Waals surface area (Å²) in [7, 11) is -4.17. The predicted molar refractivity (Wildman–Crippen MR) is 85.8 cm³/mol. The van der Waals surface area contributed by atoms with Gasteiger partial charge in [0.1, 0.15) is 0 Å². The van der Waals surface area contributed by atoms with Gasteiger partial charge in [0.2, 0.25) is 0 Å². The molecule has 0 radical (unpaired) electrons. The maximum absolute atomic E-state index is 10.9. The summed E-state index contributed by atoms with van der Waals surface area (Å²) in [6.45, 7) is 0. The van der Waals surface area contributed by atoms with Gasteiger partial charge in [-0.3, -0.25) is 9.98 Å². The molecule has 2 aromatic carbocycles. The van der Waals surface area contributed by atoms with Crippen LogP contribution in [-0.2, 0) is 10.1 Å². The number of hydrogen-bond donors (Lipinski definition) is 3. The van der Waals surface area contributed by atoms with E-state index in [1.165, 1.54) is 24.3 Å². The minimum absolute atomic E-state index is 0.154. The molecule has 22 heavy (non-hydrogen) atoms. The van der Waals surface area contributed by atoms with E-state index in [0.717, 1.165) is 16.5 Å². The molecular weight excluding hydrogens is 302 g/mol. The summed E-state index contributed by atoms with van der Waals surface area (Å²) >= 11 is 0. The number of hydrazone groups is 1. The molecular formula is C15H13N3O3S. The zero-order valence-electron chi connectivity index (χ0n) is 11.4. The van der Waals surface area contributed by atoms with Gasteiger partial charge in [0.05, 0.1) is 16.8 Å². The van der Waals surface area contributed by atoms with E-state index in [9.17, 15) is 8.42 Å². The van der Waals surface area contributed by atoms with E-state index in [0.29, 0.717) is 5.69 Å². The number of rotatable bonds is 4. The van der Waals surface area contributed by atoms with Gasteiger partial charge in [-0.1, -0.05) is 18.2 Å². The fraction of sp³-hybridized carbons (Fsp3) is 0. The third kappa shape index (κ3) is 3.00. The minimum Gasteiger partial charge on any atom is -0.361 e. The highest BCUT2D eigenvalue weighted by atomic mass is 32.2. The van der Waals surface area contributed by atoms with E-state index in [1.807, 2.05) is 30.5 Å². The Morgan fingerprint density at radius 1 is 1.09 bits per heavy atom. The van der Waals surface area contributed by atoms with E-state index in [1.54, 1.807) is 6.21 Å². The van der Waals surface area contributed by atoms with Gasteiger partial charge >= 0.3 is 0 Å². The topological polar surface area (TPSA) is 94.6 Å². The van der Waals surface area contributed by atoms with Crippen LogP contribution in [0.1, 0.15) is 5.56 Å². The molecule has 7 heteroatoms. The Morgan fingerprint density at radius 2 is 1.82 bits per heavy atom. The van der Waals surface area contributed by atoms with Crippen LogP contribution in [0.2, 0.25) is 0 Å². The Morgan fingerprint density at radius 3 is 2.55 bits per heavy atom. The lowest BCUT2D eigenvalue weighted by Gasteiger charge is -2.01. The molecule has 3 rings (SSSR count). The van der Waals surface area contributed by atoms with Gasteiger partial charge in [-0.15, -0.1) is 0 Å². The van der Waals surface area contributed by atoms with E-state index in [-0.39, 0.29) is 4.90 Å². The number of H-pyrrole nitrogens is 1. The molecule has 6 nitrogen and oxygen atoms in total. The second-order valence-electron chi connectivity index (χ2n) is 4.66. The van der Waals surface area contributed by atoms with Crippen LogP contribution in [-0.4, -0.2) is 24.2 Å². The van der Waals surface area contributed by atoms with Gasteiger partial charge in [0, 0.05) is 22.7 Å². The maximum atomic E-state index is 10.9. The predicted octanol–water partition coefficient (Wildman–Crippen LogP) is 2.86. The number of nitrogens with zero attached hydrogens (tertiary/aromatic N) is 1. The Balaban J connectivity index is 1.75. The third-order valence-corrected chi connectivity index (χ3v) is 4.04.